The van der Waals surface area contributed by atoms with E-state index in [0.717, 1.165) is 17.0 Å². The Labute approximate surface area is 141 Å². The summed E-state index contributed by atoms with van der Waals surface area (Å²) in [6.07, 6.45) is 2.40. The molecule has 0 fully saturated rings. The Balaban J connectivity index is 1.48. The fraction of sp³-hybridized carbons (Fsp3) is 0.200. The molecule has 0 aliphatic carbocycles. The molecule has 1 aromatic heterocycles. The maximum atomic E-state index is 10.0. The van der Waals surface area contributed by atoms with E-state index in [0.29, 0.717) is 12.8 Å². The molecule has 122 valence electrons. The van der Waals surface area contributed by atoms with E-state index < -0.39 is 6.10 Å². The van der Waals surface area contributed by atoms with Gasteiger partial charge in [0.15, 0.2) is 0 Å². The van der Waals surface area contributed by atoms with Crippen molar-refractivity contribution in [3.63, 3.8) is 0 Å². The van der Waals surface area contributed by atoms with Crippen molar-refractivity contribution in [2.24, 2.45) is 0 Å². The quantitative estimate of drug-likeness (QED) is 0.724. The van der Waals surface area contributed by atoms with Crippen molar-refractivity contribution in [3.05, 3.63) is 78.6 Å². The van der Waals surface area contributed by atoms with Crippen molar-refractivity contribution in [2.45, 2.75) is 18.9 Å². The van der Waals surface area contributed by atoms with E-state index in [-0.39, 0.29) is 6.61 Å². The van der Waals surface area contributed by atoms with Gasteiger partial charge in [-0.1, -0.05) is 42.5 Å². The van der Waals surface area contributed by atoms with E-state index in [1.807, 2.05) is 54.6 Å². The van der Waals surface area contributed by atoms with Crippen molar-refractivity contribution in [1.29, 1.82) is 0 Å². The zero-order valence-electron chi connectivity index (χ0n) is 13.4. The summed E-state index contributed by atoms with van der Waals surface area (Å²) in [5, 5.41) is 17.9. The zero-order valence-corrected chi connectivity index (χ0v) is 13.4. The summed E-state index contributed by atoms with van der Waals surface area (Å²) in [7, 11) is 0. The second-order valence-electron chi connectivity index (χ2n) is 5.61. The third kappa shape index (κ3) is 4.64. The van der Waals surface area contributed by atoms with E-state index in [1.165, 1.54) is 5.56 Å². The Morgan fingerprint density at radius 2 is 1.62 bits per heavy atom. The molecule has 1 unspecified atom stereocenters. The highest BCUT2D eigenvalue weighted by Gasteiger charge is 2.07. The maximum absolute atomic E-state index is 10.0. The highest BCUT2D eigenvalue weighted by Crippen LogP contribution is 2.22. The molecular weight excluding hydrogens is 300 g/mol. The Kier molecular flexibility index (Phi) is 5.53. The van der Waals surface area contributed by atoms with Crippen molar-refractivity contribution < 1.29 is 9.84 Å². The van der Waals surface area contributed by atoms with Gasteiger partial charge in [0, 0.05) is 6.20 Å². The molecule has 4 nitrogen and oxygen atoms in total. The van der Waals surface area contributed by atoms with Crippen LogP contribution < -0.4 is 4.74 Å². The van der Waals surface area contributed by atoms with Gasteiger partial charge >= 0.3 is 0 Å². The van der Waals surface area contributed by atoms with Crippen LogP contribution in [0.2, 0.25) is 0 Å². The SMILES string of the molecule is OC(CCc1cccnn1)COc1ccc(-c2ccccc2)cc1. The summed E-state index contributed by atoms with van der Waals surface area (Å²) < 4.78 is 5.66. The number of benzene rings is 2. The molecule has 0 spiro atoms. The van der Waals surface area contributed by atoms with Gasteiger partial charge in [-0.25, -0.2) is 0 Å². The summed E-state index contributed by atoms with van der Waals surface area (Å²) in [6, 6.07) is 21.9. The normalized spacial score (nSPS) is 11.9. The number of nitrogens with zero attached hydrogens (tertiary/aromatic N) is 2. The maximum Gasteiger partial charge on any atom is 0.119 e. The molecule has 24 heavy (non-hydrogen) atoms. The number of aliphatic hydroxyl groups is 1. The van der Waals surface area contributed by atoms with Crippen LogP contribution in [0, 0.1) is 0 Å². The predicted molar refractivity (Wildman–Crippen MR) is 93.7 cm³/mol. The lowest BCUT2D eigenvalue weighted by atomic mass is 10.1. The van der Waals surface area contributed by atoms with Crippen LogP contribution in [0.4, 0.5) is 0 Å². The highest BCUT2D eigenvalue weighted by atomic mass is 16.5. The second-order valence-corrected chi connectivity index (χ2v) is 5.61. The molecule has 3 aromatic rings. The first-order valence-corrected chi connectivity index (χ1v) is 8.04. The van der Waals surface area contributed by atoms with E-state index in [9.17, 15) is 5.11 Å². The van der Waals surface area contributed by atoms with Crippen molar-refractivity contribution >= 4 is 0 Å². The molecule has 1 atom stereocenters. The summed E-state index contributed by atoms with van der Waals surface area (Å²) in [5.41, 5.74) is 3.20. The zero-order chi connectivity index (χ0) is 16.6. The Morgan fingerprint density at radius 3 is 2.33 bits per heavy atom. The molecule has 1 heterocycles. The average molecular weight is 320 g/mol. The number of aryl methyl sites for hydroxylation is 1. The molecule has 0 aliphatic heterocycles. The molecular formula is C20H20N2O2. The predicted octanol–water partition coefficient (Wildman–Crippen LogP) is 3.52. The fourth-order valence-electron chi connectivity index (χ4n) is 2.43. The summed E-state index contributed by atoms with van der Waals surface area (Å²) >= 11 is 0. The van der Waals surface area contributed by atoms with E-state index in [4.69, 9.17) is 4.74 Å². The van der Waals surface area contributed by atoms with Gasteiger partial charge in [0.2, 0.25) is 0 Å². The molecule has 0 bridgehead atoms. The van der Waals surface area contributed by atoms with Gasteiger partial charge < -0.3 is 9.84 Å². The first-order chi connectivity index (χ1) is 11.8. The molecule has 1 N–H and O–H groups in total. The summed E-state index contributed by atoms with van der Waals surface area (Å²) in [4.78, 5) is 0. The molecule has 3 rings (SSSR count). The Morgan fingerprint density at radius 1 is 0.875 bits per heavy atom. The van der Waals surface area contributed by atoms with Gasteiger partial charge in [0.05, 0.1) is 11.8 Å². The minimum Gasteiger partial charge on any atom is -0.491 e. The third-order valence-corrected chi connectivity index (χ3v) is 3.77. The molecule has 0 saturated heterocycles. The molecule has 2 aromatic carbocycles. The van der Waals surface area contributed by atoms with Crippen LogP contribution in [0.25, 0.3) is 11.1 Å². The Bertz CT molecular complexity index is 731. The van der Waals surface area contributed by atoms with Crippen LogP contribution in [-0.2, 0) is 6.42 Å². The van der Waals surface area contributed by atoms with Crippen molar-refractivity contribution in [3.8, 4) is 16.9 Å². The molecule has 4 heteroatoms. The largest absolute Gasteiger partial charge is 0.491 e. The van der Waals surface area contributed by atoms with Crippen LogP contribution in [0.3, 0.4) is 0 Å². The van der Waals surface area contributed by atoms with E-state index in [2.05, 4.69) is 22.3 Å². The molecule has 0 radical (unpaired) electrons. The van der Waals surface area contributed by atoms with Crippen LogP contribution in [-0.4, -0.2) is 28.0 Å². The van der Waals surface area contributed by atoms with Crippen LogP contribution in [0.5, 0.6) is 5.75 Å². The minimum atomic E-state index is -0.527. The lowest BCUT2D eigenvalue weighted by Crippen LogP contribution is -2.18. The average Bonchev–Trinajstić information content (AvgIpc) is 2.67. The lowest BCUT2D eigenvalue weighted by Gasteiger charge is -2.12. The van der Waals surface area contributed by atoms with E-state index in [1.54, 1.807) is 6.20 Å². The molecule has 0 amide bonds. The molecule has 0 aliphatic rings. The highest BCUT2D eigenvalue weighted by molar-refractivity contribution is 5.63. The fourth-order valence-corrected chi connectivity index (χ4v) is 2.43. The van der Waals surface area contributed by atoms with Gasteiger partial charge in [-0.2, -0.15) is 10.2 Å². The summed E-state index contributed by atoms with van der Waals surface area (Å²) in [5.74, 6) is 0.758. The van der Waals surface area contributed by atoms with Gasteiger partial charge in [0.1, 0.15) is 12.4 Å². The van der Waals surface area contributed by atoms with Crippen molar-refractivity contribution in [1.82, 2.24) is 10.2 Å². The number of rotatable bonds is 7. The number of ether oxygens (including phenoxy) is 1. The monoisotopic (exact) mass is 320 g/mol. The van der Waals surface area contributed by atoms with Gasteiger partial charge in [-0.3, -0.25) is 0 Å². The number of hydrogen-bond acceptors (Lipinski definition) is 4. The standard InChI is InChI=1S/C20H20N2O2/c23-19(11-10-18-7-4-14-21-22-18)15-24-20-12-8-17(9-13-20)16-5-2-1-3-6-16/h1-9,12-14,19,23H,10-11,15H2. The smallest absolute Gasteiger partial charge is 0.119 e. The van der Waals surface area contributed by atoms with Crippen LogP contribution >= 0.6 is 0 Å². The Hall–Kier alpha value is -2.72. The van der Waals surface area contributed by atoms with Crippen molar-refractivity contribution in [2.75, 3.05) is 6.61 Å². The van der Waals surface area contributed by atoms with Gasteiger partial charge in [-0.05, 0) is 48.2 Å². The van der Waals surface area contributed by atoms with Crippen LogP contribution in [0.1, 0.15) is 12.1 Å². The number of hydrogen-bond donors (Lipinski definition) is 1. The van der Waals surface area contributed by atoms with Gasteiger partial charge in [0.25, 0.3) is 0 Å². The summed E-state index contributed by atoms with van der Waals surface area (Å²) in [6.45, 7) is 0.269. The lowest BCUT2D eigenvalue weighted by molar-refractivity contribution is 0.1000. The number of aromatic nitrogens is 2. The second kappa shape index (κ2) is 8.22. The first-order valence-electron chi connectivity index (χ1n) is 8.04. The topological polar surface area (TPSA) is 55.2 Å². The third-order valence-electron chi connectivity index (χ3n) is 3.77. The van der Waals surface area contributed by atoms with E-state index >= 15 is 0 Å². The van der Waals surface area contributed by atoms with Crippen LogP contribution in [0.15, 0.2) is 72.9 Å². The van der Waals surface area contributed by atoms with Gasteiger partial charge in [-0.15, -0.1) is 0 Å². The molecule has 0 saturated carbocycles. The first kappa shape index (κ1) is 16.1. The number of aliphatic hydroxyl groups excluding tert-OH is 1. The minimum absolute atomic E-state index is 0.269.